The van der Waals surface area contributed by atoms with E-state index in [1.165, 1.54) is 24.3 Å². The molecule has 25 heavy (non-hydrogen) atoms. The molecule has 1 amide bonds. The Labute approximate surface area is 143 Å². The van der Waals surface area contributed by atoms with Crippen molar-refractivity contribution in [2.24, 2.45) is 0 Å². The van der Waals surface area contributed by atoms with E-state index in [1.807, 2.05) is 19.1 Å². The van der Waals surface area contributed by atoms with E-state index in [-0.39, 0.29) is 17.0 Å². The number of carbonyl (C=O) groups is 1. The van der Waals surface area contributed by atoms with E-state index in [9.17, 15) is 20.0 Å². The minimum absolute atomic E-state index is 0.0251. The van der Waals surface area contributed by atoms with Crippen molar-refractivity contribution in [3.8, 4) is 5.75 Å². The number of phenols is 1. The van der Waals surface area contributed by atoms with Gasteiger partial charge in [-0.2, -0.15) is 0 Å². The van der Waals surface area contributed by atoms with E-state index in [4.69, 9.17) is 0 Å². The number of hydrogen-bond donors (Lipinski definition) is 2. The predicted molar refractivity (Wildman–Crippen MR) is 96.0 cm³/mol. The second-order valence-corrected chi connectivity index (χ2v) is 5.59. The molecule has 3 aromatic carbocycles. The number of carbonyl (C=O) groups excluding carboxylic acids is 1. The van der Waals surface area contributed by atoms with Gasteiger partial charge in [-0.3, -0.25) is 14.9 Å². The van der Waals surface area contributed by atoms with Crippen LogP contribution in [0.2, 0.25) is 0 Å². The van der Waals surface area contributed by atoms with Gasteiger partial charge in [0.15, 0.2) is 0 Å². The number of nitrogens with one attached hydrogen (secondary N) is 1. The second-order valence-electron chi connectivity index (χ2n) is 5.59. The van der Waals surface area contributed by atoms with Crippen LogP contribution in [0.15, 0.2) is 54.6 Å². The number of phenolic OH excluding ortho intramolecular Hbond substituents is 1. The van der Waals surface area contributed by atoms with E-state index in [0.717, 1.165) is 5.39 Å². The highest BCUT2D eigenvalue weighted by molar-refractivity contribution is 6.15. The maximum Gasteiger partial charge on any atom is 0.269 e. The molecule has 0 atom stereocenters. The number of nitro groups is 1. The van der Waals surface area contributed by atoms with Crippen molar-refractivity contribution in [3.63, 3.8) is 0 Å². The number of amides is 1. The van der Waals surface area contributed by atoms with Crippen LogP contribution in [0.3, 0.4) is 0 Å². The minimum Gasteiger partial charge on any atom is -0.507 e. The largest absolute Gasteiger partial charge is 0.507 e. The van der Waals surface area contributed by atoms with Gasteiger partial charge in [0.2, 0.25) is 0 Å². The third kappa shape index (κ3) is 3.14. The van der Waals surface area contributed by atoms with Crippen LogP contribution in [0.5, 0.6) is 5.75 Å². The van der Waals surface area contributed by atoms with Gasteiger partial charge in [-0.05, 0) is 34.9 Å². The van der Waals surface area contributed by atoms with Gasteiger partial charge in [0.1, 0.15) is 5.75 Å². The second kappa shape index (κ2) is 6.60. The summed E-state index contributed by atoms with van der Waals surface area (Å²) in [6.45, 7) is 1.85. The zero-order valence-electron chi connectivity index (χ0n) is 13.5. The molecule has 0 aromatic heterocycles. The number of non-ortho nitro benzene ring substituents is 1. The van der Waals surface area contributed by atoms with Crippen LogP contribution < -0.4 is 5.32 Å². The molecule has 0 radical (unpaired) electrons. The maximum atomic E-state index is 12.7. The molecule has 3 aromatic rings. The molecule has 0 unspecified atom stereocenters. The Morgan fingerprint density at radius 1 is 1.16 bits per heavy atom. The summed E-state index contributed by atoms with van der Waals surface area (Å²) in [6.07, 6.45) is 0.527. The van der Waals surface area contributed by atoms with E-state index >= 15 is 0 Å². The molecule has 126 valence electrons. The highest BCUT2D eigenvalue weighted by Crippen LogP contribution is 2.29. The van der Waals surface area contributed by atoms with E-state index in [1.54, 1.807) is 18.2 Å². The lowest BCUT2D eigenvalue weighted by atomic mass is 10.0. The number of nitrogens with zero attached hydrogens (tertiary/aromatic N) is 1. The summed E-state index contributed by atoms with van der Waals surface area (Å²) in [5, 5.41) is 25.3. The van der Waals surface area contributed by atoms with Crippen molar-refractivity contribution < 1.29 is 14.8 Å². The van der Waals surface area contributed by atoms with Crippen molar-refractivity contribution in [3.05, 3.63) is 75.8 Å². The standard InChI is InChI=1S/C19H16N2O4/c1-2-12-11-14(21(24)25)8-9-16(12)20-19(23)18-15-6-4-3-5-13(15)7-10-17(18)22/h3-11,22H,2H2,1H3,(H,20,23). The quantitative estimate of drug-likeness (QED) is 0.550. The fourth-order valence-corrected chi connectivity index (χ4v) is 2.79. The average molecular weight is 336 g/mol. The first-order valence-corrected chi connectivity index (χ1v) is 7.80. The van der Waals surface area contributed by atoms with Crippen LogP contribution in [0.1, 0.15) is 22.8 Å². The SMILES string of the molecule is CCc1cc([N+](=O)[O-])ccc1NC(=O)c1c(O)ccc2ccccc12. The van der Waals surface area contributed by atoms with Crippen molar-refractivity contribution in [1.82, 2.24) is 0 Å². The Morgan fingerprint density at radius 2 is 1.92 bits per heavy atom. The van der Waals surface area contributed by atoms with E-state index < -0.39 is 10.8 Å². The normalized spacial score (nSPS) is 10.6. The summed E-state index contributed by atoms with van der Waals surface area (Å²) < 4.78 is 0. The van der Waals surface area contributed by atoms with E-state index in [2.05, 4.69) is 5.32 Å². The molecule has 0 aliphatic carbocycles. The number of aryl methyl sites for hydroxylation is 1. The number of aromatic hydroxyl groups is 1. The smallest absolute Gasteiger partial charge is 0.269 e. The number of hydrogen-bond acceptors (Lipinski definition) is 4. The molecule has 2 N–H and O–H groups in total. The molecule has 0 aliphatic rings. The number of nitro benzene ring substituents is 1. The zero-order valence-corrected chi connectivity index (χ0v) is 13.5. The number of fused-ring (bicyclic) bond motifs is 1. The molecule has 0 aliphatic heterocycles. The summed E-state index contributed by atoms with van der Waals surface area (Å²) in [4.78, 5) is 23.2. The lowest BCUT2D eigenvalue weighted by Crippen LogP contribution is -2.14. The maximum absolute atomic E-state index is 12.7. The molecule has 0 saturated heterocycles. The van der Waals surface area contributed by atoms with Gasteiger partial charge >= 0.3 is 0 Å². The van der Waals surface area contributed by atoms with Gasteiger partial charge in [-0.1, -0.05) is 37.3 Å². The highest BCUT2D eigenvalue weighted by Gasteiger charge is 2.17. The summed E-state index contributed by atoms with van der Waals surface area (Å²) >= 11 is 0. The molecular weight excluding hydrogens is 320 g/mol. The molecule has 0 heterocycles. The molecule has 6 nitrogen and oxygen atoms in total. The Balaban J connectivity index is 2.01. The van der Waals surface area contributed by atoms with Crippen molar-refractivity contribution >= 4 is 28.1 Å². The first kappa shape index (κ1) is 16.4. The highest BCUT2D eigenvalue weighted by atomic mass is 16.6. The molecule has 3 rings (SSSR count). The molecular formula is C19H16N2O4. The molecule has 6 heteroatoms. The number of benzene rings is 3. The Morgan fingerprint density at radius 3 is 2.64 bits per heavy atom. The van der Waals surface area contributed by atoms with Gasteiger partial charge in [0.05, 0.1) is 10.5 Å². The van der Waals surface area contributed by atoms with Crippen LogP contribution >= 0.6 is 0 Å². The third-order valence-electron chi connectivity index (χ3n) is 4.06. The lowest BCUT2D eigenvalue weighted by molar-refractivity contribution is -0.384. The fourth-order valence-electron chi connectivity index (χ4n) is 2.79. The summed E-state index contributed by atoms with van der Waals surface area (Å²) in [5.41, 5.74) is 1.30. The fraction of sp³-hybridized carbons (Fsp3) is 0.105. The van der Waals surface area contributed by atoms with Crippen molar-refractivity contribution in [2.45, 2.75) is 13.3 Å². The third-order valence-corrected chi connectivity index (χ3v) is 4.06. The first-order chi connectivity index (χ1) is 12.0. The Bertz CT molecular complexity index is 982. The van der Waals surface area contributed by atoms with Gasteiger partial charge in [0, 0.05) is 17.8 Å². The molecule has 0 saturated carbocycles. The van der Waals surface area contributed by atoms with Gasteiger partial charge in [0.25, 0.3) is 11.6 Å². The summed E-state index contributed by atoms with van der Waals surface area (Å²) in [5.74, 6) is -0.575. The Hall–Kier alpha value is -3.41. The first-order valence-electron chi connectivity index (χ1n) is 7.80. The minimum atomic E-state index is -0.471. The van der Waals surface area contributed by atoms with Crippen LogP contribution in [-0.2, 0) is 6.42 Å². The van der Waals surface area contributed by atoms with Crippen LogP contribution in [-0.4, -0.2) is 15.9 Å². The van der Waals surface area contributed by atoms with E-state index in [0.29, 0.717) is 23.1 Å². The summed E-state index contributed by atoms with van der Waals surface area (Å²) in [6, 6.07) is 14.8. The van der Waals surface area contributed by atoms with Crippen LogP contribution in [0.4, 0.5) is 11.4 Å². The van der Waals surface area contributed by atoms with Gasteiger partial charge < -0.3 is 10.4 Å². The zero-order chi connectivity index (χ0) is 18.0. The van der Waals surface area contributed by atoms with Crippen molar-refractivity contribution in [1.29, 1.82) is 0 Å². The average Bonchev–Trinajstić information content (AvgIpc) is 2.61. The monoisotopic (exact) mass is 336 g/mol. The number of anilines is 1. The van der Waals surface area contributed by atoms with Gasteiger partial charge in [-0.25, -0.2) is 0 Å². The van der Waals surface area contributed by atoms with Gasteiger partial charge in [-0.15, -0.1) is 0 Å². The number of rotatable bonds is 4. The van der Waals surface area contributed by atoms with Crippen LogP contribution in [0.25, 0.3) is 10.8 Å². The molecule has 0 bridgehead atoms. The van der Waals surface area contributed by atoms with Crippen molar-refractivity contribution in [2.75, 3.05) is 5.32 Å². The Kier molecular flexibility index (Phi) is 4.35. The van der Waals surface area contributed by atoms with Crippen LogP contribution in [0, 0.1) is 10.1 Å². The predicted octanol–water partition coefficient (Wildman–Crippen LogP) is 4.27. The topological polar surface area (TPSA) is 92.5 Å². The summed E-state index contributed by atoms with van der Waals surface area (Å²) in [7, 11) is 0. The molecule has 0 spiro atoms. The lowest BCUT2D eigenvalue weighted by Gasteiger charge is -2.12. The molecule has 0 fully saturated rings.